The summed E-state index contributed by atoms with van der Waals surface area (Å²) in [6.45, 7) is 0. The van der Waals surface area contributed by atoms with E-state index in [0.29, 0.717) is 0 Å². The van der Waals surface area contributed by atoms with Gasteiger partial charge in [-0.05, 0) is 0 Å². The Morgan fingerprint density at radius 3 is 0.909 bits per heavy atom. The van der Waals surface area contributed by atoms with E-state index in [2.05, 4.69) is 0 Å². The van der Waals surface area contributed by atoms with Crippen LogP contribution in [0.3, 0.4) is 0 Å². The molecule has 0 spiro atoms. The van der Waals surface area contributed by atoms with Crippen LogP contribution in [-0.4, -0.2) is 0 Å². The summed E-state index contributed by atoms with van der Waals surface area (Å²) < 4.78 is 0. The minimum Gasteiger partial charge on any atom is -0.214 e. The first kappa shape index (κ1) is 10.4. The molecule has 0 N–H and O–H groups in total. The van der Waals surface area contributed by atoms with Gasteiger partial charge in [-0.1, -0.05) is 0 Å². The van der Waals surface area contributed by atoms with Gasteiger partial charge in [0.1, 0.15) is 0 Å². The molecular weight excluding hydrogens is 306 g/mol. The summed E-state index contributed by atoms with van der Waals surface area (Å²) in [5.41, 5.74) is 0. The third-order valence-corrected chi connectivity index (χ3v) is 1.11. The van der Waals surface area contributed by atoms with Crippen LogP contribution in [0.5, 0.6) is 0 Å². The van der Waals surface area contributed by atoms with Crippen LogP contribution in [0.15, 0.2) is 60.7 Å². The Balaban J connectivity index is 0.000000167. The van der Waals surface area contributed by atoms with E-state index in [-0.39, 0.29) is 20.4 Å². The van der Waals surface area contributed by atoms with E-state index in [1.807, 2.05) is 60.7 Å². The molecule has 0 aromatic heterocycles. The number of rotatable bonds is 0. The van der Waals surface area contributed by atoms with Crippen molar-refractivity contribution in [2.75, 3.05) is 0 Å². The second kappa shape index (κ2) is 7.47. The molecule has 0 aliphatic heterocycles. The zero-order valence-electron chi connectivity index (χ0n) is 6.15. The molecule has 0 nitrogen and oxygen atoms in total. The predicted molar refractivity (Wildman–Crippen MR) is 44.1 cm³/mol. The number of hydrogen-bond donors (Lipinski definition) is 0. The second-order valence-electron chi connectivity index (χ2n) is 1.92. The van der Waals surface area contributed by atoms with E-state index in [1.54, 1.807) is 0 Å². The van der Waals surface area contributed by atoms with Crippen molar-refractivity contribution in [2.45, 2.75) is 0 Å². The maximum Gasteiger partial charge on any atom is 0 e. The van der Waals surface area contributed by atoms with E-state index in [9.17, 15) is 0 Å². The molecule has 1 radical (unpaired) electrons. The fourth-order valence-corrected chi connectivity index (χ4v) is 0.642. The van der Waals surface area contributed by atoms with Gasteiger partial charge < -0.3 is 0 Å². The van der Waals surface area contributed by atoms with Crippen LogP contribution in [0.4, 0.5) is 0 Å². The van der Waals surface area contributed by atoms with Crippen LogP contribution < -0.4 is 0 Å². The summed E-state index contributed by atoms with van der Waals surface area (Å²) in [5, 5.41) is 0. The molecule has 0 saturated carbocycles. The first-order chi connectivity index (χ1) is 5.00. The molecule has 2 aromatic carbocycles. The van der Waals surface area contributed by atoms with Crippen LogP contribution >= 0.6 is 0 Å². The fraction of sp³-hybridized carbons (Fsp3) is 0. The standard InChI is InChI=1S/2C5H5.Re/c2*1-2-4-5-3-1;/h2*1-5H;/q2*-1;. The van der Waals surface area contributed by atoms with Crippen molar-refractivity contribution in [3.63, 3.8) is 0 Å². The molecule has 0 saturated heterocycles. The number of hydrogen-bond acceptors (Lipinski definition) is 0. The SMILES string of the molecule is [Re].c1cc[cH-]c1.c1cc[cH-]c1. The van der Waals surface area contributed by atoms with Crippen molar-refractivity contribution >= 4 is 0 Å². The van der Waals surface area contributed by atoms with Gasteiger partial charge in [0.05, 0.1) is 0 Å². The molecule has 2 aromatic rings. The molecule has 0 atom stereocenters. The summed E-state index contributed by atoms with van der Waals surface area (Å²) in [6.07, 6.45) is 0. The van der Waals surface area contributed by atoms with Gasteiger partial charge in [0.15, 0.2) is 0 Å². The molecule has 0 aliphatic rings. The fourth-order valence-electron chi connectivity index (χ4n) is 0.642. The van der Waals surface area contributed by atoms with E-state index < -0.39 is 0 Å². The molecule has 0 bridgehead atoms. The maximum absolute atomic E-state index is 2.00. The minimum atomic E-state index is 0. The van der Waals surface area contributed by atoms with Crippen molar-refractivity contribution < 1.29 is 20.4 Å². The quantitative estimate of drug-likeness (QED) is 0.656. The van der Waals surface area contributed by atoms with Gasteiger partial charge in [0.25, 0.3) is 0 Å². The molecule has 59 valence electrons. The Labute approximate surface area is 81.3 Å². The maximum atomic E-state index is 2.00. The van der Waals surface area contributed by atoms with Crippen molar-refractivity contribution in [1.29, 1.82) is 0 Å². The predicted octanol–water partition coefficient (Wildman–Crippen LogP) is 2.81. The monoisotopic (exact) mass is 317 g/mol. The van der Waals surface area contributed by atoms with Gasteiger partial charge in [-0.3, -0.25) is 0 Å². The van der Waals surface area contributed by atoms with E-state index >= 15 is 0 Å². The van der Waals surface area contributed by atoms with Crippen molar-refractivity contribution in [3.8, 4) is 0 Å². The van der Waals surface area contributed by atoms with Crippen molar-refractivity contribution in [3.05, 3.63) is 60.7 Å². The Kier molecular flexibility index (Phi) is 7.04. The second-order valence-corrected chi connectivity index (χ2v) is 1.92. The van der Waals surface area contributed by atoms with Gasteiger partial charge in [-0.2, -0.15) is 36.4 Å². The zero-order valence-corrected chi connectivity index (χ0v) is 8.87. The minimum absolute atomic E-state index is 0. The molecule has 11 heavy (non-hydrogen) atoms. The first-order valence-corrected chi connectivity index (χ1v) is 3.33. The normalized spacial score (nSPS) is 7.27. The molecule has 0 unspecified atom stereocenters. The van der Waals surface area contributed by atoms with Crippen LogP contribution in [0.25, 0.3) is 0 Å². The van der Waals surface area contributed by atoms with E-state index in [0.717, 1.165) is 0 Å². The molecular formula is C10H10Re-2. The zero-order chi connectivity index (χ0) is 7.07. The van der Waals surface area contributed by atoms with Crippen LogP contribution in [-0.2, 0) is 20.4 Å². The van der Waals surface area contributed by atoms with E-state index in [1.165, 1.54) is 0 Å². The van der Waals surface area contributed by atoms with Crippen LogP contribution in [0, 0.1) is 0 Å². The Morgan fingerprint density at radius 1 is 0.545 bits per heavy atom. The van der Waals surface area contributed by atoms with Gasteiger partial charge in [-0.15, -0.1) is 0 Å². The molecule has 0 fully saturated rings. The van der Waals surface area contributed by atoms with Gasteiger partial charge in [-0.25, -0.2) is 24.3 Å². The molecule has 2 rings (SSSR count). The van der Waals surface area contributed by atoms with Crippen molar-refractivity contribution in [2.24, 2.45) is 0 Å². The average Bonchev–Trinajstić information content (AvgIpc) is 2.67. The Morgan fingerprint density at radius 2 is 0.818 bits per heavy atom. The van der Waals surface area contributed by atoms with Crippen LogP contribution in [0.1, 0.15) is 0 Å². The van der Waals surface area contributed by atoms with E-state index in [4.69, 9.17) is 0 Å². The first-order valence-electron chi connectivity index (χ1n) is 3.33. The van der Waals surface area contributed by atoms with Gasteiger partial charge >= 0.3 is 0 Å². The van der Waals surface area contributed by atoms with Gasteiger partial charge in [0.2, 0.25) is 0 Å². The van der Waals surface area contributed by atoms with Gasteiger partial charge in [0, 0.05) is 20.4 Å². The summed E-state index contributed by atoms with van der Waals surface area (Å²) in [5.74, 6) is 0. The largest absolute Gasteiger partial charge is 0.214 e. The van der Waals surface area contributed by atoms with Crippen molar-refractivity contribution in [1.82, 2.24) is 0 Å². The average molecular weight is 316 g/mol. The summed E-state index contributed by atoms with van der Waals surface area (Å²) >= 11 is 0. The molecule has 1 heteroatoms. The third kappa shape index (κ3) is 5.79. The summed E-state index contributed by atoms with van der Waals surface area (Å²) in [7, 11) is 0. The third-order valence-electron chi connectivity index (χ3n) is 1.11. The molecule has 0 aliphatic carbocycles. The Hall–Kier alpha value is -0.638. The molecule has 0 amide bonds. The topological polar surface area (TPSA) is 0 Å². The summed E-state index contributed by atoms with van der Waals surface area (Å²) in [4.78, 5) is 0. The Bertz CT molecular complexity index is 144. The molecule has 0 heterocycles. The summed E-state index contributed by atoms with van der Waals surface area (Å²) in [6, 6.07) is 20.0. The smallest absolute Gasteiger partial charge is 0 e. The van der Waals surface area contributed by atoms with Crippen LogP contribution in [0.2, 0.25) is 0 Å².